The maximum absolute atomic E-state index is 13.3. The van der Waals surface area contributed by atoms with Gasteiger partial charge in [0.15, 0.2) is 0 Å². The van der Waals surface area contributed by atoms with Gasteiger partial charge in [-0.15, -0.1) is 0 Å². The average Bonchev–Trinajstić information content (AvgIpc) is 3.02. The SMILES string of the molecule is Cc1c([C@H]2Nc3ccccc3C(=O)N2CCc2ccccc2)cc(C#N)n1C. The van der Waals surface area contributed by atoms with Gasteiger partial charge in [-0.3, -0.25) is 4.79 Å². The van der Waals surface area contributed by atoms with Gasteiger partial charge in [0.2, 0.25) is 0 Å². The van der Waals surface area contributed by atoms with Crippen LogP contribution in [0.15, 0.2) is 60.7 Å². The van der Waals surface area contributed by atoms with Crippen LogP contribution >= 0.6 is 0 Å². The van der Waals surface area contributed by atoms with Crippen molar-refractivity contribution in [1.82, 2.24) is 9.47 Å². The Morgan fingerprint density at radius 1 is 1.11 bits per heavy atom. The molecule has 2 heterocycles. The molecule has 2 aromatic carbocycles. The van der Waals surface area contributed by atoms with Crippen LogP contribution in [0, 0.1) is 18.3 Å². The van der Waals surface area contributed by atoms with E-state index in [0.29, 0.717) is 17.8 Å². The number of rotatable bonds is 4. The Hall–Kier alpha value is -3.52. The molecule has 5 heteroatoms. The summed E-state index contributed by atoms with van der Waals surface area (Å²) in [6.07, 6.45) is 0.462. The third-order valence-electron chi connectivity index (χ3n) is 5.49. The zero-order valence-electron chi connectivity index (χ0n) is 16.0. The molecule has 3 aromatic rings. The van der Waals surface area contributed by atoms with E-state index >= 15 is 0 Å². The van der Waals surface area contributed by atoms with Crippen LogP contribution in [0.3, 0.4) is 0 Å². The Kier molecular flexibility index (Phi) is 4.62. The lowest BCUT2D eigenvalue weighted by molar-refractivity contribution is 0.0685. The van der Waals surface area contributed by atoms with Crippen molar-refractivity contribution in [2.24, 2.45) is 7.05 Å². The molecule has 1 aliphatic rings. The number of nitriles is 1. The van der Waals surface area contributed by atoms with Crippen LogP contribution in [0.1, 0.15) is 39.0 Å². The van der Waals surface area contributed by atoms with Crippen LogP contribution < -0.4 is 5.32 Å². The van der Waals surface area contributed by atoms with Crippen LogP contribution in [0.5, 0.6) is 0 Å². The molecule has 0 unspecified atom stereocenters. The first kappa shape index (κ1) is 17.9. The summed E-state index contributed by atoms with van der Waals surface area (Å²) in [5.74, 6) is 0.0111. The second kappa shape index (κ2) is 7.24. The Bertz CT molecular complexity index is 1060. The van der Waals surface area contributed by atoms with Crippen molar-refractivity contribution in [2.75, 3.05) is 11.9 Å². The minimum absolute atomic E-state index is 0.0111. The molecule has 28 heavy (non-hydrogen) atoms. The molecule has 1 N–H and O–H groups in total. The zero-order chi connectivity index (χ0) is 19.7. The quantitative estimate of drug-likeness (QED) is 0.755. The molecule has 1 amide bonds. The summed E-state index contributed by atoms with van der Waals surface area (Å²) in [5, 5.41) is 12.9. The summed E-state index contributed by atoms with van der Waals surface area (Å²) in [5.41, 5.74) is 5.22. The number of hydrogen-bond acceptors (Lipinski definition) is 3. The minimum atomic E-state index is -0.306. The van der Waals surface area contributed by atoms with Crippen LogP contribution in [-0.2, 0) is 13.5 Å². The molecule has 0 aliphatic carbocycles. The Balaban J connectivity index is 1.73. The molecule has 0 radical (unpaired) electrons. The number of carbonyl (C=O) groups excluding carboxylic acids is 1. The molecule has 0 saturated heterocycles. The van der Waals surface area contributed by atoms with Gasteiger partial charge in [0.05, 0.1) is 5.56 Å². The van der Waals surface area contributed by atoms with Crippen molar-refractivity contribution in [3.05, 3.63) is 88.7 Å². The van der Waals surface area contributed by atoms with Crippen LogP contribution in [0.2, 0.25) is 0 Å². The molecule has 1 aliphatic heterocycles. The van der Waals surface area contributed by atoms with Crippen molar-refractivity contribution in [2.45, 2.75) is 19.5 Å². The van der Waals surface area contributed by atoms with E-state index in [-0.39, 0.29) is 12.1 Å². The molecule has 0 bridgehead atoms. The third kappa shape index (κ3) is 3.03. The standard InChI is InChI=1S/C23H22N4O/c1-16-20(14-18(15-24)26(16)2)22-25-21-11-7-6-10-19(21)23(28)27(22)13-12-17-8-4-3-5-9-17/h3-11,14,22,25H,12-13H2,1-2H3/t22-/m0/s1. The first-order valence-corrected chi connectivity index (χ1v) is 9.37. The highest BCUT2D eigenvalue weighted by atomic mass is 16.2. The molecule has 1 atom stereocenters. The van der Waals surface area contributed by atoms with Crippen LogP contribution in [0.4, 0.5) is 5.69 Å². The summed E-state index contributed by atoms with van der Waals surface area (Å²) in [4.78, 5) is 15.2. The number of hydrogen-bond donors (Lipinski definition) is 1. The van der Waals surface area contributed by atoms with Crippen molar-refractivity contribution in [3.63, 3.8) is 0 Å². The van der Waals surface area contributed by atoms with Gasteiger partial charge in [0, 0.05) is 30.5 Å². The Labute approximate surface area is 164 Å². The normalized spacial score (nSPS) is 15.7. The Morgan fingerprint density at radius 3 is 2.54 bits per heavy atom. The van der Waals surface area contributed by atoms with Gasteiger partial charge in [-0.25, -0.2) is 0 Å². The van der Waals surface area contributed by atoms with E-state index in [9.17, 15) is 10.1 Å². The summed E-state index contributed by atoms with van der Waals surface area (Å²) < 4.78 is 1.87. The first-order chi connectivity index (χ1) is 13.6. The largest absolute Gasteiger partial charge is 0.361 e. The molecular formula is C23H22N4O. The number of para-hydroxylation sites is 1. The lowest BCUT2D eigenvalue weighted by Gasteiger charge is -2.38. The smallest absolute Gasteiger partial charge is 0.257 e. The number of fused-ring (bicyclic) bond motifs is 1. The lowest BCUT2D eigenvalue weighted by Crippen LogP contribution is -2.44. The van der Waals surface area contributed by atoms with Crippen molar-refractivity contribution < 1.29 is 4.79 Å². The summed E-state index contributed by atoms with van der Waals surface area (Å²) in [6.45, 7) is 2.57. The monoisotopic (exact) mass is 370 g/mol. The van der Waals surface area contributed by atoms with Gasteiger partial charge in [-0.2, -0.15) is 5.26 Å². The first-order valence-electron chi connectivity index (χ1n) is 9.37. The van der Waals surface area contributed by atoms with E-state index in [2.05, 4.69) is 23.5 Å². The van der Waals surface area contributed by atoms with Crippen molar-refractivity contribution in [3.8, 4) is 6.07 Å². The highest BCUT2D eigenvalue weighted by molar-refractivity contribution is 6.01. The summed E-state index contributed by atoms with van der Waals surface area (Å²) in [6, 6.07) is 21.9. The van der Waals surface area contributed by atoms with E-state index in [4.69, 9.17) is 0 Å². The Morgan fingerprint density at radius 2 is 1.82 bits per heavy atom. The van der Waals surface area contributed by atoms with E-state index in [1.54, 1.807) is 0 Å². The van der Waals surface area contributed by atoms with Gasteiger partial charge in [0.25, 0.3) is 5.91 Å². The molecule has 4 rings (SSSR count). The number of nitrogens with zero attached hydrogens (tertiary/aromatic N) is 3. The lowest BCUT2D eigenvalue weighted by atomic mass is 10.0. The van der Waals surface area contributed by atoms with Gasteiger partial charge in [-0.05, 0) is 37.1 Å². The van der Waals surface area contributed by atoms with Gasteiger partial charge in [0.1, 0.15) is 17.9 Å². The number of amides is 1. The molecule has 0 fully saturated rings. The van der Waals surface area contributed by atoms with Crippen LogP contribution in [-0.4, -0.2) is 21.9 Å². The minimum Gasteiger partial charge on any atom is -0.361 e. The van der Waals surface area contributed by atoms with Gasteiger partial charge < -0.3 is 14.8 Å². The van der Waals surface area contributed by atoms with Crippen LogP contribution in [0.25, 0.3) is 0 Å². The van der Waals surface area contributed by atoms with Gasteiger partial charge in [-0.1, -0.05) is 42.5 Å². The molecule has 5 nitrogen and oxygen atoms in total. The van der Waals surface area contributed by atoms with E-state index in [1.807, 2.05) is 72.0 Å². The fourth-order valence-corrected chi connectivity index (χ4v) is 3.77. The third-order valence-corrected chi connectivity index (χ3v) is 5.49. The fraction of sp³-hybridized carbons (Fsp3) is 0.217. The number of anilines is 1. The predicted octanol–water partition coefficient (Wildman–Crippen LogP) is 4.01. The van der Waals surface area contributed by atoms with Gasteiger partial charge >= 0.3 is 0 Å². The fourth-order valence-electron chi connectivity index (χ4n) is 3.77. The average molecular weight is 370 g/mol. The number of aromatic nitrogens is 1. The van der Waals surface area contributed by atoms with E-state index in [0.717, 1.165) is 23.4 Å². The number of nitrogens with one attached hydrogen (secondary N) is 1. The molecule has 0 spiro atoms. The van der Waals surface area contributed by atoms with Crippen molar-refractivity contribution in [1.29, 1.82) is 5.26 Å². The molecule has 0 saturated carbocycles. The number of carbonyl (C=O) groups is 1. The maximum Gasteiger partial charge on any atom is 0.257 e. The zero-order valence-corrected chi connectivity index (χ0v) is 16.0. The maximum atomic E-state index is 13.3. The highest BCUT2D eigenvalue weighted by Crippen LogP contribution is 2.35. The summed E-state index contributed by atoms with van der Waals surface area (Å²) in [7, 11) is 1.88. The molecule has 140 valence electrons. The molecular weight excluding hydrogens is 348 g/mol. The van der Waals surface area contributed by atoms with E-state index < -0.39 is 0 Å². The second-order valence-electron chi connectivity index (χ2n) is 7.07. The predicted molar refractivity (Wildman–Crippen MR) is 109 cm³/mol. The topological polar surface area (TPSA) is 61.1 Å². The molecule has 1 aromatic heterocycles. The summed E-state index contributed by atoms with van der Waals surface area (Å²) >= 11 is 0. The number of benzene rings is 2. The van der Waals surface area contributed by atoms with E-state index in [1.165, 1.54) is 5.56 Å². The second-order valence-corrected chi connectivity index (χ2v) is 7.07. The van der Waals surface area contributed by atoms with Crippen molar-refractivity contribution >= 4 is 11.6 Å². The highest BCUT2D eigenvalue weighted by Gasteiger charge is 2.34.